The Balaban J connectivity index is 2.09. The van der Waals surface area contributed by atoms with E-state index in [-0.39, 0.29) is 25.7 Å². The summed E-state index contributed by atoms with van der Waals surface area (Å²) in [6.07, 6.45) is -0.142. The zero-order valence-corrected chi connectivity index (χ0v) is 22.9. The van der Waals surface area contributed by atoms with Crippen molar-refractivity contribution in [1.82, 2.24) is 21.2 Å². The first-order valence-electron chi connectivity index (χ1n) is 12.0. The summed E-state index contributed by atoms with van der Waals surface area (Å²) in [4.78, 5) is 39.4. The normalized spacial score (nSPS) is 11.0. The number of nitrogens with zero attached hydrogens (tertiary/aromatic N) is 1. The highest BCUT2D eigenvalue weighted by Crippen LogP contribution is 2.23. The van der Waals surface area contributed by atoms with E-state index < -0.39 is 23.6 Å². The molecular formula is C26H36ClN5O5. The predicted molar refractivity (Wildman–Crippen MR) is 143 cm³/mol. The molecule has 0 spiro atoms. The van der Waals surface area contributed by atoms with Crippen LogP contribution in [0.15, 0.2) is 42.5 Å². The molecule has 0 atom stereocenters. The van der Waals surface area contributed by atoms with Crippen LogP contribution >= 0.6 is 11.6 Å². The molecule has 2 rings (SSSR count). The maximum Gasteiger partial charge on any atom is 0.341 e. The minimum absolute atomic E-state index is 0.0460. The fourth-order valence-electron chi connectivity index (χ4n) is 3.47. The van der Waals surface area contributed by atoms with Crippen molar-refractivity contribution in [2.45, 2.75) is 66.2 Å². The molecule has 202 valence electrons. The van der Waals surface area contributed by atoms with Crippen molar-refractivity contribution in [1.29, 1.82) is 0 Å². The van der Waals surface area contributed by atoms with Crippen molar-refractivity contribution >= 4 is 35.3 Å². The predicted octanol–water partition coefficient (Wildman–Crippen LogP) is 4.92. The van der Waals surface area contributed by atoms with Crippen molar-refractivity contribution in [3.63, 3.8) is 0 Å². The van der Waals surface area contributed by atoms with E-state index >= 15 is 0 Å². The lowest BCUT2D eigenvalue weighted by Gasteiger charge is -2.36. The van der Waals surface area contributed by atoms with Crippen LogP contribution in [0.1, 0.15) is 52.2 Å². The highest BCUT2D eigenvalue weighted by atomic mass is 35.5. The second kappa shape index (κ2) is 13.7. The Kier molecular flexibility index (Phi) is 11.0. The lowest BCUT2D eigenvalue weighted by molar-refractivity contribution is -0.145. The highest BCUT2D eigenvalue weighted by molar-refractivity contribution is 6.30. The first-order valence-corrected chi connectivity index (χ1v) is 12.4. The quantitative estimate of drug-likeness (QED) is 0.239. The number of nitrogens with one attached hydrogen (secondary N) is 4. The molecule has 0 saturated carbocycles. The number of rotatable bonds is 11. The summed E-state index contributed by atoms with van der Waals surface area (Å²) in [6, 6.07) is 10.9. The molecule has 11 heteroatoms. The molecule has 4 amide bonds. The third-order valence-corrected chi connectivity index (χ3v) is 5.42. The van der Waals surface area contributed by atoms with Gasteiger partial charge in [-0.05, 0) is 83.0 Å². The number of aryl methyl sites for hydroxylation is 1. The van der Waals surface area contributed by atoms with E-state index in [1.54, 1.807) is 51.1 Å². The summed E-state index contributed by atoms with van der Waals surface area (Å²) < 4.78 is 10.8. The number of hydrogen-bond donors (Lipinski definition) is 4. The van der Waals surface area contributed by atoms with Gasteiger partial charge in [0.05, 0.1) is 30.4 Å². The van der Waals surface area contributed by atoms with E-state index in [9.17, 15) is 14.4 Å². The zero-order chi connectivity index (χ0) is 27.6. The molecule has 0 radical (unpaired) electrons. The van der Waals surface area contributed by atoms with Gasteiger partial charge in [0.1, 0.15) is 5.75 Å². The summed E-state index contributed by atoms with van der Waals surface area (Å²) in [5, 5.41) is 3.29. The minimum Gasteiger partial charge on any atom is -0.491 e. The number of hydrazine groups is 2. The second-order valence-corrected chi connectivity index (χ2v) is 9.68. The molecule has 0 fully saturated rings. The topological polar surface area (TPSA) is 121 Å². The average Bonchev–Trinajstić information content (AvgIpc) is 2.80. The molecule has 2 aromatic carbocycles. The molecule has 0 saturated heterocycles. The van der Waals surface area contributed by atoms with Gasteiger partial charge in [-0.1, -0.05) is 23.7 Å². The SMILES string of the molecule is CCOC(=O)CC(C)(C)N(C(=O)NCc1ccc(Cl)cc1)C(=O)NNNc1ccc(OC(C)C)c(C)c1. The van der Waals surface area contributed by atoms with Gasteiger partial charge >= 0.3 is 18.0 Å². The number of urea groups is 2. The van der Waals surface area contributed by atoms with Crippen LogP contribution < -0.4 is 26.4 Å². The molecule has 0 aliphatic rings. The maximum atomic E-state index is 13.1. The summed E-state index contributed by atoms with van der Waals surface area (Å²) in [5.41, 5.74) is 9.10. The molecule has 0 aliphatic heterocycles. The summed E-state index contributed by atoms with van der Waals surface area (Å²) >= 11 is 5.92. The van der Waals surface area contributed by atoms with Gasteiger partial charge in [-0.2, -0.15) is 0 Å². The summed E-state index contributed by atoms with van der Waals surface area (Å²) in [6.45, 7) is 11.1. The van der Waals surface area contributed by atoms with Crippen LogP contribution in [-0.2, 0) is 16.1 Å². The van der Waals surface area contributed by atoms with Crippen LogP contribution in [0.25, 0.3) is 0 Å². The molecule has 4 N–H and O–H groups in total. The van der Waals surface area contributed by atoms with Crippen molar-refractivity contribution in [2.75, 3.05) is 12.0 Å². The van der Waals surface area contributed by atoms with E-state index in [1.165, 1.54) is 0 Å². The molecule has 2 aromatic rings. The van der Waals surface area contributed by atoms with Crippen LogP contribution in [0, 0.1) is 6.92 Å². The fourth-order valence-corrected chi connectivity index (χ4v) is 3.60. The summed E-state index contributed by atoms with van der Waals surface area (Å²) in [5.74, 6) is 0.231. The third-order valence-electron chi connectivity index (χ3n) is 5.16. The number of benzene rings is 2. The fraction of sp³-hybridized carbons (Fsp3) is 0.423. The van der Waals surface area contributed by atoms with E-state index in [0.717, 1.165) is 21.8 Å². The molecule has 0 unspecified atom stereocenters. The van der Waals surface area contributed by atoms with E-state index in [4.69, 9.17) is 21.1 Å². The Morgan fingerprint density at radius 3 is 2.32 bits per heavy atom. The van der Waals surface area contributed by atoms with E-state index in [1.807, 2.05) is 32.9 Å². The largest absolute Gasteiger partial charge is 0.491 e. The van der Waals surface area contributed by atoms with Gasteiger partial charge in [0, 0.05) is 11.6 Å². The number of anilines is 1. The first-order chi connectivity index (χ1) is 17.4. The van der Waals surface area contributed by atoms with Gasteiger partial charge < -0.3 is 20.2 Å². The Hall–Kier alpha value is -3.50. The number of amides is 4. The molecule has 37 heavy (non-hydrogen) atoms. The maximum absolute atomic E-state index is 13.1. The van der Waals surface area contributed by atoms with Gasteiger partial charge in [0.15, 0.2) is 0 Å². The Bertz CT molecular complexity index is 1080. The number of ether oxygens (including phenoxy) is 2. The third kappa shape index (κ3) is 9.47. The zero-order valence-electron chi connectivity index (χ0n) is 22.1. The lowest BCUT2D eigenvalue weighted by Crippen LogP contribution is -2.61. The molecular weight excluding hydrogens is 498 g/mol. The Morgan fingerprint density at radius 2 is 1.73 bits per heavy atom. The lowest BCUT2D eigenvalue weighted by atomic mass is 9.98. The van der Waals surface area contributed by atoms with Crippen LogP contribution in [0.3, 0.4) is 0 Å². The van der Waals surface area contributed by atoms with Crippen molar-refractivity contribution in [2.24, 2.45) is 0 Å². The number of carbonyl (C=O) groups excluding carboxylic acids is 3. The minimum atomic E-state index is -1.20. The molecule has 0 aliphatic carbocycles. The monoisotopic (exact) mass is 533 g/mol. The smallest absolute Gasteiger partial charge is 0.341 e. The number of esters is 1. The van der Waals surface area contributed by atoms with Crippen LogP contribution in [0.2, 0.25) is 5.02 Å². The van der Waals surface area contributed by atoms with Crippen molar-refractivity contribution in [3.05, 3.63) is 58.6 Å². The van der Waals surface area contributed by atoms with E-state index in [0.29, 0.717) is 10.7 Å². The summed E-state index contributed by atoms with van der Waals surface area (Å²) in [7, 11) is 0. The highest BCUT2D eigenvalue weighted by Gasteiger charge is 2.38. The molecule has 10 nitrogen and oxygen atoms in total. The van der Waals surface area contributed by atoms with Crippen LogP contribution in [-0.4, -0.2) is 41.2 Å². The number of imide groups is 1. The van der Waals surface area contributed by atoms with Gasteiger partial charge in [-0.25, -0.2) is 14.5 Å². The van der Waals surface area contributed by atoms with Gasteiger partial charge in [-0.15, -0.1) is 5.53 Å². The number of hydrogen-bond acceptors (Lipinski definition) is 7. The molecule has 0 bridgehead atoms. The standard InChI is InChI=1S/C26H36ClN5O5/c1-7-36-23(33)15-26(5,6)32(24(34)28-16-19-8-10-20(27)11-9-19)25(35)30-31-29-21-12-13-22(18(4)14-21)37-17(2)3/h8-14,17,29,31H,7,15-16H2,1-6H3,(H,28,34)(H,30,35). The average molecular weight is 534 g/mol. The molecule has 0 heterocycles. The van der Waals surface area contributed by atoms with Gasteiger partial charge in [-0.3, -0.25) is 10.2 Å². The van der Waals surface area contributed by atoms with Crippen LogP contribution in [0.4, 0.5) is 15.3 Å². The number of halogens is 1. The Morgan fingerprint density at radius 1 is 1.05 bits per heavy atom. The van der Waals surface area contributed by atoms with Crippen molar-refractivity contribution in [3.8, 4) is 5.75 Å². The van der Waals surface area contributed by atoms with E-state index in [2.05, 4.69) is 21.7 Å². The van der Waals surface area contributed by atoms with Crippen molar-refractivity contribution < 1.29 is 23.9 Å². The number of carbonyl (C=O) groups is 3. The van der Waals surface area contributed by atoms with Gasteiger partial charge in [0.25, 0.3) is 0 Å². The van der Waals surface area contributed by atoms with Gasteiger partial charge in [0.2, 0.25) is 0 Å². The Labute approximate surface area is 223 Å². The van der Waals surface area contributed by atoms with Crippen LogP contribution in [0.5, 0.6) is 5.75 Å². The second-order valence-electron chi connectivity index (χ2n) is 9.24. The first kappa shape index (κ1) is 29.7. The molecule has 0 aromatic heterocycles.